The van der Waals surface area contributed by atoms with Gasteiger partial charge in [0, 0.05) is 23.5 Å². The summed E-state index contributed by atoms with van der Waals surface area (Å²) in [5, 5.41) is 0. The number of fused-ring (bicyclic) bond motifs is 1. The van der Waals surface area contributed by atoms with E-state index >= 15 is 0 Å². The Bertz CT molecular complexity index is 1330. The number of nitrogens with one attached hydrogen (secondary N) is 1. The molecule has 30 heavy (non-hydrogen) atoms. The number of nitrogens with zero attached hydrogens (tertiary/aromatic N) is 2. The molecule has 0 aliphatic rings. The van der Waals surface area contributed by atoms with Gasteiger partial charge in [-0.05, 0) is 49.4 Å². The molecule has 0 bridgehead atoms. The Labute approximate surface area is 174 Å². The highest BCUT2D eigenvalue weighted by atomic mass is 32.2. The van der Waals surface area contributed by atoms with Crippen LogP contribution in [0.15, 0.2) is 78.0 Å². The molecule has 4 aromatic rings. The van der Waals surface area contributed by atoms with Gasteiger partial charge in [0.25, 0.3) is 10.0 Å². The lowest BCUT2D eigenvalue weighted by Gasteiger charge is -2.13. The maximum absolute atomic E-state index is 12.9. The molecule has 2 aromatic heterocycles. The molecule has 8 heteroatoms. The number of imidazole rings is 1. The second kappa shape index (κ2) is 7.64. The van der Waals surface area contributed by atoms with E-state index in [-0.39, 0.29) is 16.4 Å². The number of sulfonamides is 1. The molecule has 0 atom stereocenters. The van der Waals surface area contributed by atoms with Gasteiger partial charge in [-0.1, -0.05) is 18.2 Å². The Morgan fingerprint density at radius 1 is 1.07 bits per heavy atom. The van der Waals surface area contributed by atoms with Crippen LogP contribution in [0.4, 0.5) is 5.69 Å². The van der Waals surface area contributed by atoms with Gasteiger partial charge in [0.1, 0.15) is 11.4 Å². The minimum Gasteiger partial charge on any atom is -0.495 e. The van der Waals surface area contributed by atoms with Crippen molar-refractivity contribution in [3.63, 3.8) is 0 Å². The number of ether oxygens (including phenoxy) is 1. The molecular formula is C22H19N3O4S. The summed E-state index contributed by atoms with van der Waals surface area (Å²) >= 11 is 0. The highest BCUT2D eigenvalue weighted by molar-refractivity contribution is 7.92. The van der Waals surface area contributed by atoms with Crippen LogP contribution < -0.4 is 9.46 Å². The van der Waals surface area contributed by atoms with E-state index in [0.717, 1.165) is 11.2 Å². The zero-order valence-corrected chi connectivity index (χ0v) is 17.2. The molecule has 0 spiro atoms. The average Bonchev–Trinajstić information content (AvgIpc) is 3.18. The summed E-state index contributed by atoms with van der Waals surface area (Å²) in [6.07, 6.45) is 3.76. The number of rotatable bonds is 6. The number of hydrogen-bond donors (Lipinski definition) is 1. The number of anilines is 1. The number of carbonyl (C=O) groups excluding carboxylic acids is 1. The number of benzene rings is 2. The van der Waals surface area contributed by atoms with Crippen molar-refractivity contribution in [2.75, 3.05) is 11.8 Å². The molecule has 0 unspecified atom stereocenters. The highest BCUT2D eigenvalue weighted by Crippen LogP contribution is 2.32. The molecule has 4 rings (SSSR count). The van der Waals surface area contributed by atoms with Crippen LogP contribution >= 0.6 is 0 Å². The van der Waals surface area contributed by atoms with E-state index in [1.165, 1.54) is 32.2 Å². The number of aromatic nitrogens is 2. The van der Waals surface area contributed by atoms with Crippen LogP contribution in [0, 0.1) is 0 Å². The summed E-state index contributed by atoms with van der Waals surface area (Å²) in [4.78, 5) is 16.2. The van der Waals surface area contributed by atoms with E-state index in [2.05, 4.69) is 9.71 Å². The van der Waals surface area contributed by atoms with E-state index in [1.54, 1.807) is 18.2 Å². The Balaban J connectivity index is 1.73. The fraction of sp³-hybridized carbons (Fsp3) is 0.0909. The van der Waals surface area contributed by atoms with Crippen molar-refractivity contribution in [3.05, 3.63) is 78.6 Å². The lowest BCUT2D eigenvalue weighted by Crippen LogP contribution is -2.14. The zero-order valence-electron chi connectivity index (χ0n) is 16.4. The van der Waals surface area contributed by atoms with Gasteiger partial charge in [-0.15, -0.1) is 0 Å². The third-order valence-corrected chi connectivity index (χ3v) is 6.02. The molecule has 0 saturated carbocycles. The van der Waals surface area contributed by atoms with Gasteiger partial charge < -0.3 is 9.14 Å². The number of carbonyl (C=O) groups is 1. The Morgan fingerprint density at radius 2 is 1.90 bits per heavy atom. The van der Waals surface area contributed by atoms with Crippen LogP contribution in [0.5, 0.6) is 5.75 Å². The predicted octanol–water partition coefficient (Wildman–Crippen LogP) is 4.01. The fourth-order valence-corrected chi connectivity index (χ4v) is 4.21. The smallest absolute Gasteiger partial charge is 0.262 e. The van der Waals surface area contributed by atoms with E-state index in [1.807, 2.05) is 41.1 Å². The van der Waals surface area contributed by atoms with Crippen molar-refractivity contribution < 1.29 is 17.9 Å². The van der Waals surface area contributed by atoms with Crippen molar-refractivity contribution in [1.82, 2.24) is 9.38 Å². The zero-order chi connectivity index (χ0) is 21.3. The molecule has 1 N–H and O–H groups in total. The number of ketones is 1. The molecule has 0 fully saturated rings. The number of pyridine rings is 1. The van der Waals surface area contributed by atoms with Gasteiger partial charge >= 0.3 is 0 Å². The minimum atomic E-state index is -3.93. The van der Waals surface area contributed by atoms with Crippen LogP contribution in [-0.2, 0) is 10.0 Å². The minimum absolute atomic E-state index is 0.00427. The van der Waals surface area contributed by atoms with E-state index < -0.39 is 10.0 Å². The molecule has 0 aliphatic carbocycles. The molecule has 152 valence electrons. The molecule has 0 saturated heterocycles. The molecule has 2 aromatic carbocycles. The van der Waals surface area contributed by atoms with Crippen molar-refractivity contribution in [2.24, 2.45) is 0 Å². The van der Waals surface area contributed by atoms with Gasteiger partial charge in [0.05, 0.1) is 23.4 Å². The molecule has 0 amide bonds. The van der Waals surface area contributed by atoms with Crippen molar-refractivity contribution in [1.29, 1.82) is 0 Å². The predicted molar refractivity (Wildman–Crippen MR) is 114 cm³/mol. The van der Waals surface area contributed by atoms with Crippen molar-refractivity contribution in [3.8, 4) is 17.0 Å². The van der Waals surface area contributed by atoms with Gasteiger partial charge in [-0.3, -0.25) is 9.52 Å². The Hall–Kier alpha value is -3.65. The summed E-state index contributed by atoms with van der Waals surface area (Å²) in [6.45, 7) is 1.39. The van der Waals surface area contributed by atoms with E-state index in [4.69, 9.17) is 4.74 Å². The molecule has 0 radical (unpaired) electrons. The summed E-state index contributed by atoms with van der Waals surface area (Å²) < 4.78 is 35.7. The van der Waals surface area contributed by atoms with Gasteiger partial charge in [-0.25, -0.2) is 13.4 Å². The summed E-state index contributed by atoms with van der Waals surface area (Å²) in [5.74, 6) is 0.160. The maximum atomic E-state index is 12.9. The lowest BCUT2D eigenvalue weighted by molar-refractivity contribution is 0.101. The standard InChI is InChI=1S/C22H19N3O4S/c1-15(26)16-6-5-7-18(12-16)30(27,28)24-19-13-17(9-10-21(19)29-2)20-14-25-11-4-3-8-22(25)23-20/h3-14,24H,1-2H3. The highest BCUT2D eigenvalue weighted by Gasteiger charge is 2.19. The summed E-state index contributed by atoms with van der Waals surface area (Å²) in [5.41, 5.74) is 2.81. The third-order valence-electron chi connectivity index (χ3n) is 4.65. The van der Waals surface area contributed by atoms with Gasteiger partial charge in [0.2, 0.25) is 0 Å². The molecule has 7 nitrogen and oxygen atoms in total. The Morgan fingerprint density at radius 3 is 2.63 bits per heavy atom. The second-order valence-electron chi connectivity index (χ2n) is 6.70. The van der Waals surface area contributed by atoms with Crippen LogP contribution in [0.1, 0.15) is 17.3 Å². The van der Waals surface area contributed by atoms with Crippen molar-refractivity contribution >= 4 is 27.1 Å². The normalized spacial score (nSPS) is 11.4. The molecule has 2 heterocycles. The summed E-state index contributed by atoms with van der Waals surface area (Å²) in [6, 6.07) is 16.8. The topological polar surface area (TPSA) is 89.8 Å². The second-order valence-corrected chi connectivity index (χ2v) is 8.38. The first-order valence-electron chi connectivity index (χ1n) is 9.13. The first-order chi connectivity index (χ1) is 14.4. The van der Waals surface area contributed by atoms with Gasteiger partial charge in [-0.2, -0.15) is 0 Å². The third kappa shape index (κ3) is 3.77. The number of methoxy groups -OCH3 is 1. The number of hydrogen-bond acceptors (Lipinski definition) is 5. The van der Waals surface area contributed by atoms with Crippen LogP contribution in [0.3, 0.4) is 0 Å². The largest absolute Gasteiger partial charge is 0.495 e. The van der Waals surface area contributed by atoms with E-state index in [9.17, 15) is 13.2 Å². The first-order valence-corrected chi connectivity index (χ1v) is 10.6. The van der Waals surface area contributed by atoms with Crippen LogP contribution in [0.25, 0.3) is 16.9 Å². The fourth-order valence-electron chi connectivity index (χ4n) is 3.11. The Kier molecular flexibility index (Phi) is 5.01. The first kappa shape index (κ1) is 19.7. The molecular weight excluding hydrogens is 402 g/mol. The number of Topliss-reactive ketones (excluding diaryl/α,β-unsaturated/α-hetero) is 1. The van der Waals surface area contributed by atoms with Crippen LogP contribution in [0.2, 0.25) is 0 Å². The van der Waals surface area contributed by atoms with Gasteiger partial charge in [0.15, 0.2) is 5.78 Å². The van der Waals surface area contributed by atoms with Crippen molar-refractivity contribution in [2.45, 2.75) is 11.8 Å². The maximum Gasteiger partial charge on any atom is 0.262 e. The lowest BCUT2D eigenvalue weighted by atomic mass is 10.1. The molecule has 0 aliphatic heterocycles. The van der Waals surface area contributed by atoms with E-state index in [0.29, 0.717) is 17.0 Å². The average molecular weight is 421 g/mol. The SMILES string of the molecule is COc1ccc(-c2cn3ccccc3n2)cc1NS(=O)(=O)c1cccc(C(C)=O)c1. The summed E-state index contributed by atoms with van der Waals surface area (Å²) in [7, 11) is -2.47. The monoisotopic (exact) mass is 421 g/mol. The van der Waals surface area contributed by atoms with Crippen LogP contribution in [-0.4, -0.2) is 30.7 Å². The quantitative estimate of drug-likeness (QED) is 0.475.